The Labute approximate surface area is 77.7 Å². The monoisotopic (exact) mass is 185 g/mol. The molecule has 0 saturated carbocycles. The molecule has 0 N–H and O–H groups in total. The number of nitrogens with zero attached hydrogens (tertiary/aromatic N) is 3. The van der Waals surface area contributed by atoms with Crippen molar-refractivity contribution in [2.45, 2.75) is 33.2 Å². The number of hydrogen-bond acceptors (Lipinski definition) is 3. The Morgan fingerprint density at radius 3 is 2.62 bits per heavy atom. The molecule has 0 radical (unpaired) electrons. The van der Waals surface area contributed by atoms with Crippen molar-refractivity contribution in [2.75, 3.05) is 6.61 Å². The summed E-state index contributed by atoms with van der Waals surface area (Å²) in [6.07, 6.45) is 0.531. The van der Waals surface area contributed by atoms with Crippen molar-refractivity contribution in [3.8, 4) is 0 Å². The SMILES string of the molecule is CCOC(=O)[C@H](CC(C)C)N=[N+]=[N-]. The number of hydrogen-bond donors (Lipinski definition) is 0. The smallest absolute Gasteiger partial charge is 0.314 e. The molecule has 1 atom stereocenters. The second-order valence-electron chi connectivity index (χ2n) is 3.10. The van der Waals surface area contributed by atoms with Crippen LogP contribution in [0.4, 0.5) is 0 Å². The standard InChI is InChI=1S/C8H15N3O2/c1-4-13-8(12)7(10-11-9)5-6(2)3/h6-7H,4-5H2,1-3H3/t7-/m0/s1. The summed E-state index contributed by atoms with van der Waals surface area (Å²) in [5.74, 6) is -0.131. The summed E-state index contributed by atoms with van der Waals surface area (Å²) in [6, 6.07) is -0.676. The predicted octanol–water partition coefficient (Wildman–Crippen LogP) is 2.27. The Bertz CT molecular complexity index is 209. The minimum Gasteiger partial charge on any atom is -0.466 e. The van der Waals surface area contributed by atoms with Gasteiger partial charge < -0.3 is 4.74 Å². The highest BCUT2D eigenvalue weighted by Crippen LogP contribution is 2.09. The second kappa shape index (κ2) is 6.31. The first-order valence-corrected chi connectivity index (χ1v) is 4.32. The zero-order chi connectivity index (χ0) is 10.3. The van der Waals surface area contributed by atoms with Gasteiger partial charge in [-0.2, -0.15) is 0 Å². The van der Waals surface area contributed by atoms with E-state index in [9.17, 15) is 4.79 Å². The van der Waals surface area contributed by atoms with E-state index in [2.05, 4.69) is 10.0 Å². The largest absolute Gasteiger partial charge is 0.466 e. The zero-order valence-electron chi connectivity index (χ0n) is 8.23. The number of esters is 1. The van der Waals surface area contributed by atoms with Crippen molar-refractivity contribution in [1.29, 1.82) is 0 Å². The molecule has 0 fully saturated rings. The lowest BCUT2D eigenvalue weighted by molar-refractivity contribution is -0.145. The first-order chi connectivity index (χ1) is 6.11. The summed E-state index contributed by atoms with van der Waals surface area (Å²) in [6.45, 7) is 5.95. The zero-order valence-corrected chi connectivity index (χ0v) is 8.23. The summed E-state index contributed by atoms with van der Waals surface area (Å²) >= 11 is 0. The van der Waals surface area contributed by atoms with E-state index in [1.165, 1.54) is 0 Å². The van der Waals surface area contributed by atoms with Crippen LogP contribution in [0.15, 0.2) is 5.11 Å². The highest BCUT2D eigenvalue weighted by Gasteiger charge is 2.18. The van der Waals surface area contributed by atoms with E-state index >= 15 is 0 Å². The normalized spacial score (nSPS) is 12.0. The molecule has 0 amide bonds. The highest BCUT2D eigenvalue weighted by atomic mass is 16.5. The van der Waals surface area contributed by atoms with E-state index in [4.69, 9.17) is 10.3 Å². The molecule has 0 spiro atoms. The van der Waals surface area contributed by atoms with Crippen LogP contribution in [0.3, 0.4) is 0 Å². The van der Waals surface area contributed by atoms with Crippen LogP contribution in [0.2, 0.25) is 0 Å². The Kier molecular flexibility index (Phi) is 5.72. The van der Waals surface area contributed by atoms with Gasteiger partial charge in [-0.1, -0.05) is 19.0 Å². The van der Waals surface area contributed by atoms with Crippen LogP contribution < -0.4 is 0 Å². The van der Waals surface area contributed by atoms with Crippen molar-refractivity contribution in [3.63, 3.8) is 0 Å². The molecule has 0 aliphatic rings. The van der Waals surface area contributed by atoms with Crippen molar-refractivity contribution in [3.05, 3.63) is 10.4 Å². The third-order valence-corrected chi connectivity index (χ3v) is 1.44. The molecule has 0 saturated heterocycles. The second-order valence-corrected chi connectivity index (χ2v) is 3.10. The summed E-state index contributed by atoms with van der Waals surface area (Å²) < 4.78 is 4.75. The van der Waals surface area contributed by atoms with Gasteiger partial charge in [0.05, 0.1) is 6.61 Å². The number of rotatable bonds is 5. The van der Waals surface area contributed by atoms with Gasteiger partial charge in [-0.05, 0) is 24.8 Å². The Morgan fingerprint density at radius 1 is 1.62 bits per heavy atom. The first kappa shape index (κ1) is 11.8. The predicted molar refractivity (Wildman–Crippen MR) is 49.0 cm³/mol. The lowest BCUT2D eigenvalue weighted by atomic mass is 10.0. The number of azide groups is 1. The van der Waals surface area contributed by atoms with Crippen LogP contribution in [-0.4, -0.2) is 18.6 Å². The molecule has 0 aromatic carbocycles. The average Bonchev–Trinajstić information content (AvgIpc) is 2.03. The third kappa shape index (κ3) is 5.09. The fourth-order valence-corrected chi connectivity index (χ4v) is 0.938. The van der Waals surface area contributed by atoms with Crippen LogP contribution in [0.5, 0.6) is 0 Å². The molecule has 0 rings (SSSR count). The minimum atomic E-state index is -0.676. The van der Waals surface area contributed by atoms with Gasteiger partial charge in [-0.15, -0.1) is 0 Å². The Hall–Kier alpha value is -1.22. The molecular weight excluding hydrogens is 170 g/mol. The van der Waals surface area contributed by atoms with Gasteiger partial charge in [0, 0.05) is 4.91 Å². The van der Waals surface area contributed by atoms with Gasteiger partial charge in [-0.25, -0.2) is 0 Å². The maximum Gasteiger partial charge on any atom is 0.314 e. The molecule has 0 aromatic heterocycles. The van der Waals surface area contributed by atoms with Crippen LogP contribution >= 0.6 is 0 Å². The van der Waals surface area contributed by atoms with Crippen molar-refractivity contribution < 1.29 is 9.53 Å². The van der Waals surface area contributed by atoms with Gasteiger partial charge in [0.15, 0.2) is 0 Å². The van der Waals surface area contributed by atoms with Crippen molar-refractivity contribution in [2.24, 2.45) is 11.0 Å². The molecule has 74 valence electrons. The van der Waals surface area contributed by atoms with Gasteiger partial charge in [0.2, 0.25) is 0 Å². The maximum atomic E-state index is 11.2. The van der Waals surface area contributed by atoms with Gasteiger partial charge in [0.1, 0.15) is 6.04 Å². The molecule has 0 bridgehead atoms. The van der Waals surface area contributed by atoms with Crippen molar-refractivity contribution >= 4 is 5.97 Å². The number of ether oxygens (including phenoxy) is 1. The number of carbonyl (C=O) groups excluding carboxylic acids is 1. The Balaban J connectivity index is 4.23. The fourth-order valence-electron chi connectivity index (χ4n) is 0.938. The molecule has 0 heterocycles. The number of carbonyl (C=O) groups is 1. The van der Waals surface area contributed by atoms with Crippen LogP contribution in [0, 0.1) is 5.92 Å². The molecule has 0 unspecified atom stereocenters. The first-order valence-electron chi connectivity index (χ1n) is 4.32. The van der Waals surface area contributed by atoms with E-state index in [1.54, 1.807) is 6.92 Å². The average molecular weight is 185 g/mol. The molecule has 5 heteroatoms. The van der Waals surface area contributed by atoms with Gasteiger partial charge in [0.25, 0.3) is 0 Å². The van der Waals surface area contributed by atoms with Crippen LogP contribution in [-0.2, 0) is 9.53 Å². The summed E-state index contributed by atoms with van der Waals surface area (Å²) in [5, 5.41) is 3.39. The van der Waals surface area contributed by atoms with Gasteiger partial charge >= 0.3 is 5.97 Å². The third-order valence-electron chi connectivity index (χ3n) is 1.44. The topological polar surface area (TPSA) is 75.1 Å². The molecule has 5 nitrogen and oxygen atoms in total. The molecule has 0 aromatic rings. The summed E-state index contributed by atoms with van der Waals surface area (Å²) in [5.41, 5.74) is 8.22. The van der Waals surface area contributed by atoms with Crippen molar-refractivity contribution in [1.82, 2.24) is 0 Å². The van der Waals surface area contributed by atoms with E-state index < -0.39 is 12.0 Å². The molecule has 0 aliphatic carbocycles. The van der Waals surface area contributed by atoms with Crippen LogP contribution in [0.1, 0.15) is 27.2 Å². The maximum absolute atomic E-state index is 11.2. The molecular formula is C8H15N3O2. The van der Waals surface area contributed by atoms with Gasteiger partial charge in [-0.3, -0.25) is 4.79 Å². The molecule has 0 aliphatic heterocycles. The minimum absolute atomic E-state index is 0.305. The van der Waals surface area contributed by atoms with E-state index in [-0.39, 0.29) is 0 Å². The fraction of sp³-hybridized carbons (Fsp3) is 0.875. The van der Waals surface area contributed by atoms with E-state index in [1.807, 2.05) is 13.8 Å². The summed E-state index contributed by atoms with van der Waals surface area (Å²) in [7, 11) is 0. The quantitative estimate of drug-likeness (QED) is 0.285. The van der Waals surface area contributed by atoms with Crippen LogP contribution in [0.25, 0.3) is 10.4 Å². The molecule has 13 heavy (non-hydrogen) atoms. The van der Waals surface area contributed by atoms with E-state index in [0.29, 0.717) is 18.9 Å². The lowest BCUT2D eigenvalue weighted by Gasteiger charge is -2.11. The van der Waals surface area contributed by atoms with E-state index in [0.717, 1.165) is 0 Å². The highest BCUT2D eigenvalue weighted by molar-refractivity contribution is 5.75. The Morgan fingerprint density at radius 2 is 2.23 bits per heavy atom. The summed E-state index contributed by atoms with van der Waals surface area (Å²) in [4.78, 5) is 13.8. The lowest BCUT2D eigenvalue weighted by Crippen LogP contribution is -2.22.